The third kappa shape index (κ3) is 5.38. The first-order valence-electron chi connectivity index (χ1n) is 11.2. The molecular weight excluding hydrogens is 448 g/mol. The molecule has 3 aromatic carbocycles. The Labute approximate surface area is 201 Å². The minimum Gasteiger partial charge on any atom is -0.490 e. The molecule has 0 bridgehead atoms. The number of ether oxygens (including phenoxy) is 2. The Morgan fingerprint density at radius 1 is 1.00 bits per heavy atom. The highest BCUT2D eigenvalue weighted by molar-refractivity contribution is 7.89. The fourth-order valence-corrected chi connectivity index (χ4v) is 5.24. The Kier molecular flexibility index (Phi) is 7.45. The number of fused-ring (bicyclic) bond motifs is 1. The molecule has 0 saturated heterocycles. The van der Waals surface area contributed by atoms with Crippen LogP contribution < -0.4 is 9.47 Å². The van der Waals surface area contributed by atoms with Crippen LogP contribution in [0.1, 0.15) is 23.6 Å². The molecule has 3 aromatic rings. The molecule has 0 radical (unpaired) electrons. The maximum atomic E-state index is 13.1. The van der Waals surface area contributed by atoms with E-state index in [0.717, 1.165) is 17.5 Å². The average molecular weight is 477 g/mol. The maximum absolute atomic E-state index is 13.1. The maximum Gasteiger partial charge on any atom is 0.243 e. The van der Waals surface area contributed by atoms with Crippen molar-refractivity contribution in [2.45, 2.75) is 24.8 Å². The first-order chi connectivity index (χ1) is 16.5. The van der Waals surface area contributed by atoms with Crippen molar-refractivity contribution < 1.29 is 17.9 Å². The Morgan fingerprint density at radius 2 is 1.76 bits per heavy atom. The summed E-state index contributed by atoms with van der Waals surface area (Å²) in [7, 11) is -3.57. The van der Waals surface area contributed by atoms with Gasteiger partial charge in [0.05, 0.1) is 17.2 Å². The highest BCUT2D eigenvalue weighted by Gasteiger charge is 2.28. The van der Waals surface area contributed by atoms with Gasteiger partial charge in [-0.1, -0.05) is 36.9 Å². The van der Waals surface area contributed by atoms with Crippen LogP contribution in [0.5, 0.6) is 11.5 Å². The zero-order chi connectivity index (χ0) is 24.0. The van der Waals surface area contributed by atoms with E-state index in [0.29, 0.717) is 43.5 Å². The van der Waals surface area contributed by atoms with Gasteiger partial charge < -0.3 is 9.47 Å². The molecule has 1 aliphatic rings. The van der Waals surface area contributed by atoms with Crippen molar-refractivity contribution in [1.82, 2.24) is 4.31 Å². The molecule has 6 nitrogen and oxygen atoms in total. The van der Waals surface area contributed by atoms with Gasteiger partial charge in [0.2, 0.25) is 10.0 Å². The van der Waals surface area contributed by atoms with Crippen LogP contribution in [0.2, 0.25) is 0 Å². The van der Waals surface area contributed by atoms with Crippen LogP contribution in [0.15, 0.2) is 89.3 Å². The van der Waals surface area contributed by atoms with E-state index >= 15 is 0 Å². The van der Waals surface area contributed by atoms with Crippen LogP contribution in [-0.4, -0.2) is 38.7 Å². The summed E-state index contributed by atoms with van der Waals surface area (Å²) >= 11 is 0. The monoisotopic (exact) mass is 476 g/mol. The van der Waals surface area contributed by atoms with Crippen molar-refractivity contribution in [3.8, 4) is 11.5 Å². The number of benzene rings is 3. The Hall–Kier alpha value is -3.42. The predicted octanol–water partition coefficient (Wildman–Crippen LogP) is 5.15. The topological polar surface area (TPSA) is 68.2 Å². The fourth-order valence-electron chi connectivity index (χ4n) is 3.82. The van der Waals surface area contributed by atoms with Crippen molar-refractivity contribution in [3.05, 3.63) is 96.1 Å². The summed E-state index contributed by atoms with van der Waals surface area (Å²) in [4.78, 5) is 4.76. The third-order valence-electron chi connectivity index (χ3n) is 5.56. The molecule has 34 heavy (non-hydrogen) atoms. The van der Waals surface area contributed by atoms with Gasteiger partial charge in [0.25, 0.3) is 0 Å². The van der Waals surface area contributed by atoms with E-state index < -0.39 is 10.0 Å². The van der Waals surface area contributed by atoms with Crippen LogP contribution >= 0.6 is 0 Å². The Morgan fingerprint density at radius 3 is 2.50 bits per heavy atom. The van der Waals surface area contributed by atoms with Gasteiger partial charge >= 0.3 is 0 Å². The number of nitrogens with zero attached hydrogens (tertiary/aromatic N) is 2. The summed E-state index contributed by atoms with van der Waals surface area (Å²) in [6.07, 6.45) is 4.11. The highest BCUT2D eigenvalue weighted by Crippen LogP contribution is 2.29. The molecule has 7 heteroatoms. The molecule has 0 saturated carbocycles. The van der Waals surface area contributed by atoms with Gasteiger partial charge in [-0.3, -0.25) is 4.99 Å². The molecule has 0 aromatic heterocycles. The largest absolute Gasteiger partial charge is 0.490 e. The summed E-state index contributed by atoms with van der Waals surface area (Å²) < 4.78 is 39.1. The van der Waals surface area contributed by atoms with E-state index in [1.807, 2.05) is 43.3 Å². The molecule has 1 heterocycles. The molecule has 0 aliphatic carbocycles. The summed E-state index contributed by atoms with van der Waals surface area (Å²) in [5.41, 5.74) is 3.78. The molecule has 0 unspecified atom stereocenters. The van der Waals surface area contributed by atoms with Crippen LogP contribution in [-0.2, 0) is 23.0 Å². The minimum absolute atomic E-state index is 0.271. The van der Waals surface area contributed by atoms with E-state index in [2.05, 4.69) is 17.6 Å². The zero-order valence-electron chi connectivity index (χ0n) is 19.2. The van der Waals surface area contributed by atoms with Gasteiger partial charge in [-0.25, -0.2) is 8.42 Å². The standard InChI is InChI=1S/C27H28N2O4S/c1-3-17-33-26-14-9-21(18-27(26)32-4-2)19-28-24-10-12-25(13-11-24)34(30,31)29-16-15-22-7-5-6-8-23(22)20-29/h3,5-14,18-19H,1,4,15-17,20H2,2H3. The number of hydrogen-bond donors (Lipinski definition) is 0. The van der Waals surface area contributed by atoms with Gasteiger partial charge in [0, 0.05) is 19.3 Å². The van der Waals surface area contributed by atoms with Crippen molar-refractivity contribution in [3.63, 3.8) is 0 Å². The van der Waals surface area contributed by atoms with Crippen molar-refractivity contribution in [1.29, 1.82) is 0 Å². The summed E-state index contributed by atoms with van der Waals surface area (Å²) in [5, 5.41) is 0. The lowest BCUT2D eigenvalue weighted by Crippen LogP contribution is -2.35. The normalized spacial score (nSPS) is 14.0. The molecule has 0 amide bonds. The fraction of sp³-hybridized carbons (Fsp3) is 0.222. The number of rotatable bonds is 9. The Balaban J connectivity index is 1.47. The average Bonchev–Trinajstić information content (AvgIpc) is 2.87. The lowest BCUT2D eigenvalue weighted by atomic mass is 10.0. The molecule has 4 rings (SSSR count). The molecule has 0 N–H and O–H groups in total. The second kappa shape index (κ2) is 10.7. The SMILES string of the molecule is C=CCOc1ccc(C=Nc2ccc(S(=O)(=O)N3CCc4ccccc4C3)cc2)cc1OCC. The van der Waals surface area contributed by atoms with Crippen LogP contribution in [0, 0.1) is 0 Å². The van der Waals surface area contributed by atoms with E-state index in [1.54, 1.807) is 40.9 Å². The second-order valence-electron chi connectivity index (χ2n) is 7.85. The van der Waals surface area contributed by atoms with E-state index in [4.69, 9.17) is 9.47 Å². The predicted molar refractivity (Wildman–Crippen MR) is 135 cm³/mol. The van der Waals surface area contributed by atoms with Gasteiger partial charge in [-0.2, -0.15) is 4.31 Å². The Bertz CT molecular complexity index is 1280. The lowest BCUT2D eigenvalue weighted by Gasteiger charge is -2.28. The van der Waals surface area contributed by atoms with Crippen LogP contribution in [0.3, 0.4) is 0 Å². The van der Waals surface area contributed by atoms with Crippen LogP contribution in [0.4, 0.5) is 5.69 Å². The number of hydrogen-bond acceptors (Lipinski definition) is 5. The smallest absolute Gasteiger partial charge is 0.243 e. The number of aliphatic imine (C=N–C) groups is 1. The van der Waals surface area contributed by atoms with E-state index in [-0.39, 0.29) is 4.90 Å². The zero-order valence-corrected chi connectivity index (χ0v) is 20.0. The first kappa shape index (κ1) is 23.7. The van der Waals surface area contributed by atoms with Gasteiger partial charge in [-0.05, 0) is 72.5 Å². The van der Waals surface area contributed by atoms with E-state index in [1.165, 1.54) is 5.56 Å². The second-order valence-corrected chi connectivity index (χ2v) is 9.79. The summed E-state index contributed by atoms with van der Waals surface area (Å²) in [6, 6.07) is 20.2. The van der Waals surface area contributed by atoms with E-state index in [9.17, 15) is 8.42 Å². The molecule has 1 aliphatic heterocycles. The lowest BCUT2D eigenvalue weighted by molar-refractivity contribution is 0.297. The van der Waals surface area contributed by atoms with Gasteiger partial charge in [0.15, 0.2) is 11.5 Å². The van der Waals surface area contributed by atoms with Crippen molar-refractivity contribution >= 4 is 21.9 Å². The molecule has 176 valence electrons. The third-order valence-corrected chi connectivity index (χ3v) is 7.42. The quantitative estimate of drug-likeness (QED) is 0.316. The van der Waals surface area contributed by atoms with Gasteiger partial charge in [-0.15, -0.1) is 0 Å². The minimum atomic E-state index is -3.57. The molecule has 0 spiro atoms. The van der Waals surface area contributed by atoms with Crippen molar-refractivity contribution in [2.24, 2.45) is 4.99 Å². The van der Waals surface area contributed by atoms with Crippen LogP contribution in [0.25, 0.3) is 0 Å². The van der Waals surface area contributed by atoms with Crippen molar-refractivity contribution in [2.75, 3.05) is 19.8 Å². The van der Waals surface area contributed by atoms with Gasteiger partial charge in [0.1, 0.15) is 6.61 Å². The number of sulfonamides is 1. The highest BCUT2D eigenvalue weighted by atomic mass is 32.2. The first-order valence-corrected chi connectivity index (χ1v) is 12.7. The summed E-state index contributed by atoms with van der Waals surface area (Å²) in [5.74, 6) is 1.28. The molecular formula is C27H28N2O4S. The molecule has 0 fully saturated rings. The summed E-state index contributed by atoms with van der Waals surface area (Å²) in [6.45, 7) is 7.36. The molecule has 0 atom stereocenters.